The lowest BCUT2D eigenvalue weighted by Crippen LogP contribution is -2.44. The molecule has 0 aliphatic carbocycles. The molecule has 1 saturated heterocycles. The number of anilines is 2. The lowest BCUT2D eigenvalue weighted by atomic mass is 9.92. The lowest BCUT2D eigenvalue weighted by Gasteiger charge is -2.26. The summed E-state index contributed by atoms with van der Waals surface area (Å²) in [5, 5.41) is 5.51. The summed E-state index contributed by atoms with van der Waals surface area (Å²) >= 11 is 0. The molecule has 1 aromatic heterocycles. The molecule has 2 amide bonds. The third-order valence-corrected chi connectivity index (χ3v) is 4.38. The highest BCUT2D eigenvalue weighted by molar-refractivity contribution is 6.05. The van der Waals surface area contributed by atoms with E-state index in [1.165, 1.54) is 0 Å². The van der Waals surface area contributed by atoms with Gasteiger partial charge in [-0.25, -0.2) is 4.98 Å². The van der Waals surface area contributed by atoms with E-state index in [1.54, 1.807) is 48.7 Å². The van der Waals surface area contributed by atoms with E-state index in [4.69, 9.17) is 10.5 Å². The zero-order chi connectivity index (χ0) is 18.4. The van der Waals surface area contributed by atoms with Crippen molar-refractivity contribution < 1.29 is 14.3 Å². The summed E-state index contributed by atoms with van der Waals surface area (Å²) in [4.78, 5) is 28.8. The van der Waals surface area contributed by atoms with Crippen LogP contribution in [0.15, 0.2) is 48.7 Å². The molecule has 7 nitrogen and oxygen atoms in total. The first-order valence-corrected chi connectivity index (χ1v) is 8.60. The Balaban J connectivity index is 0.00000196. The van der Waals surface area contributed by atoms with Gasteiger partial charge in [0.15, 0.2) is 0 Å². The van der Waals surface area contributed by atoms with Gasteiger partial charge in [-0.05, 0) is 49.1 Å². The number of hydrogen-bond acceptors (Lipinski definition) is 5. The normalized spacial score (nSPS) is 14.8. The number of ether oxygens (including phenoxy) is 1. The van der Waals surface area contributed by atoms with Crippen molar-refractivity contribution >= 4 is 48.1 Å². The second-order valence-corrected chi connectivity index (χ2v) is 6.21. The number of benzene rings is 1. The van der Waals surface area contributed by atoms with Crippen molar-refractivity contribution in [1.82, 2.24) is 4.98 Å². The Bertz CT molecular complexity index is 771. The average Bonchev–Trinajstić information content (AvgIpc) is 2.69. The van der Waals surface area contributed by atoms with Crippen molar-refractivity contribution in [3.05, 3.63) is 54.2 Å². The fraction of sp³-hybridized carbons (Fsp3) is 0.316. The fourth-order valence-electron chi connectivity index (χ4n) is 2.88. The van der Waals surface area contributed by atoms with Crippen LogP contribution in [0, 0.1) is 5.92 Å². The third-order valence-electron chi connectivity index (χ3n) is 4.38. The maximum absolute atomic E-state index is 12.4. The molecule has 0 radical (unpaired) electrons. The summed E-state index contributed by atoms with van der Waals surface area (Å²) in [5.41, 5.74) is 7.04. The van der Waals surface area contributed by atoms with Gasteiger partial charge in [0.1, 0.15) is 5.82 Å². The zero-order valence-electron chi connectivity index (χ0n) is 15.2. The minimum absolute atomic E-state index is 0. The predicted octanol–water partition coefficient (Wildman–Crippen LogP) is 2.87. The van der Waals surface area contributed by atoms with Crippen molar-refractivity contribution in [2.24, 2.45) is 11.7 Å². The first-order chi connectivity index (χ1) is 12.6. The molecule has 1 unspecified atom stereocenters. The summed E-state index contributed by atoms with van der Waals surface area (Å²) in [6, 6.07) is 11.4. The van der Waals surface area contributed by atoms with E-state index < -0.39 is 6.04 Å². The van der Waals surface area contributed by atoms with E-state index in [-0.39, 0.29) is 42.5 Å². The number of amides is 2. The molecular formula is C19H24Cl2N4O3. The van der Waals surface area contributed by atoms with Gasteiger partial charge in [0.25, 0.3) is 5.91 Å². The Labute approximate surface area is 176 Å². The van der Waals surface area contributed by atoms with E-state index in [0.717, 1.165) is 12.8 Å². The highest BCUT2D eigenvalue weighted by Gasteiger charge is 2.26. The Morgan fingerprint density at radius 2 is 1.82 bits per heavy atom. The van der Waals surface area contributed by atoms with Crippen LogP contribution < -0.4 is 16.4 Å². The van der Waals surface area contributed by atoms with Crippen molar-refractivity contribution in [1.29, 1.82) is 0 Å². The van der Waals surface area contributed by atoms with E-state index in [2.05, 4.69) is 15.6 Å². The zero-order valence-corrected chi connectivity index (χ0v) is 16.8. The number of nitrogens with one attached hydrogen (secondary N) is 2. The number of nitrogens with two attached hydrogens (primary N) is 1. The third kappa shape index (κ3) is 6.45. The quantitative estimate of drug-likeness (QED) is 0.681. The molecule has 2 heterocycles. The smallest absolute Gasteiger partial charge is 0.256 e. The van der Waals surface area contributed by atoms with Crippen molar-refractivity contribution in [3.63, 3.8) is 0 Å². The van der Waals surface area contributed by atoms with Crippen LogP contribution in [0.2, 0.25) is 0 Å². The van der Waals surface area contributed by atoms with Crippen LogP contribution in [-0.2, 0) is 9.53 Å². The lowest BCUT2D eigenvalue weighted by molar-refractivity contribution is -0.119. The maximum Gasteiger partial charge on any atom is 0.256 e. The number of halogens is 2. The van der Waals surface area contributed by atoms with Crippen LogP contribution in [0.4, 0.5) is 11.5 Å². The predicted molar refractivity (Wildman–Crippen MR) is 113 cm³/mol. The van der Waals surface area contributed by atoms with Crippen LogP contribution in [-0.4, -0.2) is 36.1 Å². The van der Waals surface area contributed by atoms with Gasteiger partial charge in [-0.3, -0.25) is 9.59 Å². The molecule has 1 aliphatic rings. The Morgan fingerprint density at radius 3 is 2.50 bits per heavy atom. The van der Waals surface area contributed by atoms with Gasteiger partial charge in [-0.2, -0.15) is 0 Å². The molecule has 3 rings (SSSR count). The van der Waals surface area contributed by atoms with E-state index in [9.17, 15) is 9.59 Å². The monoisotopic (exact) mass is 426 g/mol. The molecular weight excluding hydrogens is 403 g/mol. The Kier molecular flexibility index (Phi) is 9.89. The molecule has 1 aromatic carbocycles. The Hall–Kier alpha value is -2.19. The topological polar surface area (TPSA) is 106 Å². The van der Waals surface area contributed by atoms with Gasteiger partial charge in [0.05, 0.1) is 6.04 Å². The van der Waals surface area contributed by atoms with Crippen LogP contribution in [0.1, 0.15) is 23.2 Å². The summed E-state index contributed by atoms with van der Waals surface area (Å²) in [5.74, 6) is 0.0283. The number of pyridine rings is 1. The molecule has 0 saturated carbocycles. The van der Waals surface area contributed by atoms with Crippen molar-refractivity contribution in [2.45, 2.75) is 18.9 Å². The number of carbonyl (C=O) groups is 2. The molecule has 1 aliphatic heterocycles. The molecule has 4 N–H and O–H groups in total. The molecule has 0 spiro atoms. The standard InChI is InChI=1S/C19H22N4O3.2ClH/c20-17(13-7-10-26-11-8-13)19(25)22-15-5-3-4-14(12-15)18(24)23-16-6-1-2-9-21-16;;/h1-6,9,12-13,17H,7-8,10-11,20H2,(H,22,25)(H,21,23,24);2*1H. The van der Waals surface area contributed by atoms with Gasteiger partial charge in [-0.15, -0.1) is 24.8 Å². The van der Waals surface area contributed by atoms with Gasteiger partial charge < -0.3 is 21.1 Å². The average molecular weight is 427 g/mol. The van der Waals surface area contributed by atoms with Crippen LogP contribution in [0.25, 0.3) is 0 Å². The summed E-state index contributed by atoms with van der Waals surface area (Å²) in [6.07, 6.45) is 3.16. The van der Waals surface area contributed by atoms with Crippen molar-refractivity contribution in [2.75, 3.05) is 23.8 Å². The van der Waals surface area contributed by atoms with Crippen LogP contribution >= 0.6 is 24.8 Å². The minimum atomic E-state index is -0.593. The minimum Gasteiger partial charge on any atom is -0.381 e. The summed E-state index contributed by atoms with van der Waals surface area (Å²) in [7, 11) is 0. The van der Waals surface area contributed by atoms with E-state index >= 15 is 0 Å². The van der Waals surface area contributed by atoms with Gasteiger partial charge in [0, 0.05) is 30.7 Å². The second-order valence-electron chi connectivity index (χ2n) is 6.21. The van der Waals surface area contributed by atoms with Crippen molar-refractivity contribution in [3.8, 4) is 0 Å². The number of rotatable bonds is 5. The van der Waals surface area contributed by atoms with E-state index in [1.807, 2.05) is 0 Å². The number of aromatic nitrogens is 1. The summed E-state index contributed by atoms with van der Waals surface area (Å²) in [6.45, 7) is 1.27. The first kappa shape index (κ1) is 23.8. The largest absolute Gasteiger partial charge is 0.381 e. The molecule has 28 heavy (non-hydrogen) atoms. The van der Waals surface area contributed by atoms with Gasteiger partial charge in [-0.1, -0.05) is 12.1 Å². The molecule has 1 fully saturated rings. The molecule has 152 valence electrons. The molecule has 1 atom stereocenters. The fourth-order valence-corrected chi connectivity index (χ4v) is 2.88. The first-order valence-electron chi connectivity index (χ1n) is 8.60. The SMILES string of the molecule is Cl.Cl.NC(C(=O)Nc1cccc(C(=O)Nc2ccccn2)c1)C1CCOCC1. The number of carbonyl (C=O) groups excluding carboxylic acids is 2. The van der Waals surface area contributed by atoms with Crippen LogP contribution in [0.3, 0.4) is 0 Å². The Morgan fingerprint density at radius 1 is 1.07 bits per heavy atom. The molecule has 0 bridgehead atoms. The van der Waals surface area contributed by atoms with Gasteiger partial charge in [0.2, 0.25) is 5.91 Å². The highest BCUT2D eigenvalue weighted by Crippen LogP contribution is 2.19. The highest BCUT2D eigenvalue weighted by atomic mass is 35.5. The number of hydrogen-bond donors (Lipinski definition) is 3. The maximum atomic E-state index is 12.4. The number of nitrogens with zero attached hydrogens (tertiary/aromatic N) is 1. The van der Waals surface area contributed by atoms with Gasteiger partial charge >= 0.3 is 0 Å². The second kappa shape index (κ2) is 11.6. The summed E-state index contributed by atoms with van der Waals surface area (Å²) < 4.78 is 5.30. The van der Waals surface area contributed by atoms with E-state index in [0.29, 0.717) is 30.3 Å². The molecule has 9 heteroatoms. The van der Waals surface area contributed by atoms with Crippen LogP contribution in [0.5, 0.6) is 0 Å². The molecule has 2 aromatic rings.